The number of nitrogens with zero attached hydrogens (tertiary/aromatic N) is 1. The van der Waals surface area contributed by atoms with Crippen molar-refractivity contribution >= 4 is 29.6 Å². The maximum Gasteiger partial charge on any atom is 0.325 e. The summed E-state index contributed by atoms with van der Waals surface area (Å²) in [5.41, 5.74) is 0. The number of hydrogen-bond donors (Lipinski definition) is 3. The molecule has 23 heavy (non-hydrogen) atoms. The lowest BCUT2D eigenvalue weighted by atomic mass is 10.0. The number of imide groups is 1. The Hall–Kier alpha value is -2.71. The molecule has 0 aromatic heterocycles. The van der Waals surface area contributed by atoms with Crippen LogP contribution < -0.4 is 10.6 Å². The number of carboxylic acids is 1. The van der Waals surface area contributed by atoms with E-state index in [0.717, 1.165) is 17.1 Å². The second kappa shape index (κ2) is 7.52. The molecule has 9 heteroatoms. The number of carboxylic acid groups (broad SMARTS) is 1. The molecule has 0 radical (unpaired) electrons. The summed E-state index contributed by atoms with van der Waals surface area (Å²) >= 11 is 0. The van der Waals surface area contributed by atoms with Gasteiger partial charge in [0.2, 0.25) is 11.8 Å². The zero-order valence-electron chi connectivity index (χ0n) is 13.0. The van der Waals surface area contributed by atoms with E-state index in [-0.39, 0.29) is 5.92 Å². The summed E-state index contributed by atoms with van der Waals surface area (Å²) in [4.78, 5) is 58.3. The number of aliphatic carboxylic acids is 1. The first kappa shape index (κ1) is 18.3. The molecule has 3 N–H and O–H groups in total. The van der Waals surface area contributed by atoms with Crippen molar-refractivity contribution in [3.63, 3.8) is 0 Å². The van der Waals surface area contributed by atoms with E-state index >= 15 is 0 Å². The molecule has 0 aromatic rings. The van der Waals surface area contributed by atoms with Crippen molar-refractivity contribution in [2.45, 2.75) is 32.9 Å². The minimum absolute atomic E-state index is 0.317. The standard InChI is InChI=1S/C14H19N3O6/c1-7(2)12(13(21)15-8(3)14(22)23)16-9(18)6-17-10(19)4-5-11(17)20/h4-5,7-8,12H,6H2,1-3H3,(H,15,21)(H,16,18)(H,22,23)/t8?,12-/m0/s1. The zero-order valence-corrected chi connectivity index (χ0v) is 13.0. The highest BCUT2D eigenvalue weighted by Gasteiger charge is 2.30. The molecule has 0 aliphatic carbocycles. The summed E-state index contributed by atoms with van der Waals surface area (Å²) in [5.74, 6) is -4.06. The number of carbonyl (C=O) groups excluding carboxylic acids is 4. The molecule has 1 unspecified atom stereocenters. The van der Waals surface area contributed by atoms with Crippen molar-refractivity contribution in [3.05, 3.63) is 12.2 Å². The van der Waals surface area contributed by atoms with Gasteiger partial charge in [0.15, 0.2) is 0 Å². The average molecular weight is 325 g/mol. The second-order valence-corrected chi connectivity index (χ2v) is 5.45. The van der Waals surface area contributed by atoms with Crippen molar-refractivity contribution in [3.8, 4) is 0 Å². The van der Waals surface area contributed by atoms with E-state index in [1.54, 1.807) is 13.8 Å². The number of rotatable bonds is 7. The van der Waals surface area contributed by atoms with Crippen LogP contribution >= 0.6 is 0 Å². The van der Waals surface area contributed by atoms with Crippen LogP contribution in [0.3, 0.4) is 0 Å². The molecule has 1 aliphatic heterocycles. The highest BCUT2D eigenvalue weighted by Crippen LogP contribution is 2.05. The fourth-order valence-electron chi connectivity index (χ4n) is 1.85. The van der Waals surface area contributed by atoms with Gasteiger partial charge in [-0.1, -0.05) is 13.8 Å². The topological polar surface area (TPSA) is 133 Å². The Labute approximate surface area is 132 Å². The summed E-state index contributed by atoms with van der Waals surface area (Å²) in [7, 11) is 0. The average Bonchev–Trinajstić information content (AvgIpc) is 2.75. The van der Waals surface area contributed by atoms with Gasteiger partial charge in [0.1, 0.15) is 18.6 Å². The minimum atomic E-state index is -1.20. The summed E-state index contributed by atoms with van der Waals surface area (Å²) < 4.78 is 0. The van der Waals surface area contributed by atoms with Crippen LogP contribution in [0.2, 0.25) is 0 Å². The van der Waals surface area contributed by atoms with Crippen molar-refractivity contribution < 1.29 is 29.1 Å². The molecule has 9 nitrogen and oxygen atoms in total. The molecule has 0 spiro atoms. The largest absolute Gasteiger partial charge is 0.480 e. The van der Waals surface area contributed by atoms with Crippen LogP contribution in [0.5, 0.6) is 0 Å². The first-order chi connectivity index (χ1) is 10.6. The van der Waals surface area contributed by atoms with E-state index in [4.69, 9.17) is 5.11 Å². The fourth-order valence-corrected chi connectivity index (χ4v) is 1.85. The molecule has 1 rings (SSSR count). The maximum absolute atomic E-state index is 12.1. The molecule has 1 aliphatic rings. The normalized spacial score (nSPS) is 16.4. The number of hydrogen-bond acceptors (Lipinski definition) is 5. The highest BCUT2D eigenvalue weighted by atomic mass is 16.4. The third-order valence-corrected chi connectivity index (χ3v) is 3.20. The predicted octanol–water partition coefficient (Wildman–Crippen LogP) is -1.36. The van der Waals surface area contributed by atoms with Crippen LogP contribution in [-0.2, 0) is 24.0 Å². The van der Waals surface area contributed by atoms with Gasteiger partial charge in [0.05, 0.1) is 0 Å². The summed E-state index contributed by atoms with van der Waals surface area (Å²) in [5, 5.41) is 13.5. The van der Waals surface area contributed by atoms with E-state index < -0.39 is 48.2 Å². The number of amides is 4. The van der Waals surface area contributed by atoms with Crippen LogP contribution in [0.15, 0.2) is 12.2 Å². The molecule has 126 valence electrons. The van der Waals surface area contributed by atoms with Crippen LogP contribution in [0.1, 0.15) is 20.8 Å². The van der Waals surface area contributed by atoms with E-state index in [1.807, 2.05) is 0 Å². The zero-order chi connectivity index (χ0) is 17.7. The van der Waals surface area contributed by atoms with Crippen LogP contribution in [0, 0.1) is 5.92 Å². The van der Waals surface area contributed by atoms with Crippen molar-refractivity contribution in [2.24, 2.45) is 5.92 Å². The fraction of sp³-hybridized carbons (Fsp3) is 0.500. The third-order valence-electron chi connectivity index (χ3n) is 3.20. The molecule has 0 saturated heterocycles. The Morgan fingerprint density at radius 3 is 2.04 bits per heavy atom. The first-order valence-electron chi connectivity index (χ1n) is 6.99. The van der Waals surface area contributed by atoms with Gasteiger partial charge in [0, 0.05) is 12.2 Å². The SMILES string of the molecule is CC(NC(=O)[C@@H](NC(=O)CN1C(=O)C=CC1=O)C(C)C)C(=O)O. The molecule has 2 atom stereocenters. The Kier molecular flexibility index (Phi) is 6.00. The second-order valence-electron chi connectivity index (χ2n) is 5.45. The lowest BCUT2D eigenvalue weighted by molar-refractivity contribution is -0.143. The highest BCUT2D eigenvalue weighted by molar-refractivity contribution is 6.14. The molecule has 1 heterocycles. The van der Waals surface area contributed by atoms with E-state index in [0.29, 0.717) is 0 Å². The minimum Gasteiger partial charge on any atom is -0.480 e. The summed E-state index contributed by atoms with van der Waals surface area (Å²) in [6.45, 7) is 4.13. The van der Waals surface area contributed by atoms with E-state index in [1.165, 1.54) is 6.92 Å². The van der Waals surface area contributed by atoms with Gasteiger partial charge < -0.3 is 15.7 Å². The molecule has 0 aromatic carbocycles. The summed E-state index contributed by atoms with van der Waals surface area (Å²) in [6, 6.07) is -2.09. The molecule has 4 amide bonds. The van der Waals surface area contributed by atoms with Crippen LogP contribution in [0.25, 0.3) is 0 Å². The van der Waals surface area contributed by atoms with Crippen LogP contribution in [-0.4, -0.2) is 58.2 Å². The maximum atomic E-state index is 12.1. The quantitative estimate of drug-likeness (QED) is 0.495. The first-order valence-corrected chi connectivity index (χ1v) is 6.99. The van der Waals surface area contributed by atoms with Gasteiger partial charge in [-0.2, -0.15) is 0 Å². The molecule has 0 bridgehead atoms. The van der Waals surface area contributed by atoms with Crippen LogP contribution in [0.4, 0.5) is 0 Å². The summed E-state index contributed by atoms with van der Waals surface area (Å²) in [6.07, 6.45) is 2.10. The van der Waals surface area contributed by atoms with Gasteiger partial charge in [-0.05, 0) is 12.8 Å². The Balaban J connectivity index is 2.67. The van der Waals surface area contributed by atoms with Crippen molar-refractivity contribution in [1.29, 1.82) is 0 Å². The number of carbonyl (C=O) groups is 5. The van der Waals surface area contributed by atoms with Crippen molar-refractivity contribution in [1.82, 2.24) is 15.5 Å². The Bertz CT molecular complexity index is 551. The predicted molar refractivity (Wildman–Crippen MR) is 77.9 cm³/mol. The lowest BCUT2D eigenvalue weighted by Gasteiger charge is -2.24. The van der Waals surface area contributed by atoms with Gasteiger partial charge in [0.25, 0.3) is 11.8 Å². The Morgan fingerprint density at radius 1 is 1.09 bits per heavy atom. The van der Waals surface area contributed by atoms with Gasteiger partial charge in [-0.3, -0.25) is 28.9 Å². The number of nitrogens with one attached hydrogen (secondary N) is 2. The van der Waals surface area contributed by atoms with E-state index in [2.05, 4.69) is 10.6 Å². The van der Waals surface area contributed by atoms with Gasteiger partial charge >= 0.3 is 5.97 Å². The van der Waals surface area contributed by atoms with Gasteiger partial charge in [-0.25, -0.2) is 0 Å². The van der Waals surface area contributed by atoms with Gasteiger partial charge in [-0.15, -0.1) is 0 Å². The van der Waals surface area contributed by atoms with Crippen molar-refractivity contribution in [2.75, 3.05) is 6.54 Å². The molecular formula is C14H19N3O6. The monoisotopic (exact) mass is 325 g/mol. The molecular weight excluding hydrogens is 306 g/mol. The molecule has 0 saturated carbocycles. The third kappa shape index (κ3) is 4.90. The Morgan fingerprint density at radius 2 is 1.61 bits per heavy atom. The molecule has 0 fully saturated rings. The lowest BCUT2D eigenvalue weighted by Crippen LogP contribution is -2.54. The van der Waals surface area contributed by atoms with E-state index in [9.17, 15) is 24.0 Å². The smallest absolute Gasteiger partial charge is 0.325 e.